The number of aliphatic carboxylic acids is 1. The Morgan fingerprint density at radius 2 is 2.14 bits per heavy atom. The van der Waals surface area contributed by atoms with Gasteiger partial charge in [-0.2, -0.15) is 0 Å². The normalized spacial score (nSPS) is 31.9. The van der Waals surface area contributed by atoms with Crippen LogP contribution in [0.3, 0.4) is 0 Å². The van der Waals surface area contributed by atoms with Crippen molar-refractivity contribution in [2.24, 2.45) is 5.92 Å². The predicted octanol–water partition coefficient (Wildman–Crippen LogP) is 2.84. The van der Waals surface area contributed by atoms with Crippen LogP contribution in [0.2, 0.25) is 5.02 Å². The van der Waals surface area contributed by atoms with E-state index in [0.717, 1.165) is 37.6 Å². The lowest BCUT2D eigenvalue weighted by molar-refractivity contribution is -0.144. The van der Waals surface area contributed by atoms with Crippen LogP contribution in [-0.4, -0.2) is 47.3 Å². The predicted molar refractivity (Wildman–Crippen MR) is 85.2 cm³/mol. The highest BCUT2D eigenvalue weighted by Crippen LogP contribution is 2.32. The van der Waals surface area contributed by atoms with E-state index >= 15 is 0 Å². The van der Waals surface area contributed by atoms with Gasteiger partial charge in [-0.05, 0) is 50.4 Å². The third-order valence-corrected chi connectivity index (χ3v) is 5.00. The van der Waals surface area contributed by atoms with Gasteiger partial charge in [0.05, 0.1) is 12.5 Å². The molecule has 2 saturated heterocycles. The van der Waals surface area contributed by atoms with E-state index in [1.807, 2.05) is 24.3 Å². The Morgan fingerprint density at radius 3 is 2.73 bits per heavy atom. The Kier molecular flexibility index (Phi) is 4.44. The number of nitrogens with zero attached hydrogens (tertiary/aromatic N) is 1. The Bertz CT molecular complexity index is 541. The van der Waals surface area contributed by atoms with E-state index in [2.05, 4.69) is 11.8 Å². The van der Waals surface area contributed by atoms with Crippen molar-refractivity contribution < 1.29 is 14.6 Å². The first kappa shape index (κ1) is 15.8. The van der Waals surface area contributed by atoms with E-state index < -0.39 is 5.97 Å². The van der Waals surface area contributed by atoms with Crippen molar-refractivity contribution in [1.82, 2.24) is 4.90 Å². The summed E-state index contributed by atoms with van der Waals surface area (Å²) in [6, 6.07) is 8.09. The molecule has 0 radical (unpaired) electrons. The van der Waals surface area contributed by atoms with E-state index in [1.54, 1.807) is 0 Å². The molecule has 3 unspecified atom stereocenters. The summed E-state index contributed by atoms with van der Waals surface area (Å²) in [5.74, 6) is -0.906. The van der Waals surface area contributed by atoms with Crippen LogP contribution in [0.4, 0.5) is 0 Å². The van der Waals surface area contributed by atoms with Gasteiger partial charge in [0.15, 0.2) is 0 Å². The Labute approximate surface area is 136 Å². The van der Waals surface area contributed by atoms with Crippen molar-refractivity contribution in [2.75, 3.05) is 19.7 Å². The van der Waals surface area contributed by atoms with E-state index in [9.17, 15) is 9.90 Å². The van der Waals surface area contributed by atoms with Gasteiger partial charge in [-0.15, -0.1) is 0 Å². The minimum absolute atomic E-state index is 0.0334. The van der Waals surface area contributed by atoms with Crippen LogP contribution in [0.1, 0.15) is 25.3 Å². The molecule has 1 aromatic carbocycles. The summed E-state index contributed by atoms with van der Waals surface area (Å²) in [5.41, 5.74) is 1.17. The molecule has 0 saturated carbocycles. The second-order valence-electron chi connectivity index (χ2n) is 6.75. The average Bonchev–Trinajstić information content (AvgIpc) is 3.20. The lowest BCUT2D eigenvalue weighted by Gasteiger charge is -2.39. The number of carboxylic acid groups (broad SMARTS) is 1. The molecule has 0 bridgehead atoms. The number of rotatable bonds is 5. The molecule has 0 aliphatic carbocycles. The van der Waals surface area contributed by atoms with Crippen LogP contribution >= 0.6 is 11.6 Å². The van der Waals surface area contributed by atoms with E-state index in [4.69, 9.17) is 16.3 Å². The maximum atomic E-state index is 11.3. The van der Waals surface area contributed by atoms with Gasteiger partial charge in [-0.3, -0.25) is 9.69 Å². The molecule has 2 fully saturated rings. The van der Waals surface area contributed by atoms with E-state index in [0.29, 0.717) is 6.42 Å². The van der Waals surface area contributed by atoms with Crippen molar-refractivity contribution in [3.05, 3.63) is 34.9 Å². The lowest BCUT2D eigenvalue weighted by atomic mass is 9.87. The van der Waals surface area contributed by atoms with E-state index in [1.165, 1.54) is 5.56 Å². The van der Waals surface area contributed by atoms with Gasteiger partial charge in [0, 0.05) is 17.6 Å². The topological polar surface area (TPSA) is 53.1 Å². The number of hydrogen-bond acceptors (Lipinski definition) is 3. The molecule has 5 heteroatoms. The fraction of sp³-hybridized carbons (Fsp3) is 0.588. The molecule has 3 atom stereocenters. The number of ether oxygens (including phenoxy) is 1. The van der Waals surface area contributed by atoms with Crippen LogP contribution in [0.5, 0.6) is 0 Å². The molecule has 2 heterocycles. The summed E-state index contributed by atoms with van der Waals surface area (Å²) in [4.78, 5) is 13.7. The molecule has 4 nitrogen and oxygen atoms in total. The fourth-order valence-electron chi connectivity index (χ4n) is 3.28. The molecule has 120 valence electrons. The molecule has 0 spiro atoms. The van der Waals surface area contributed by atoms with Crippen LogP contribution in [0.15, 0.2) is 24.3 Å². The number of hydrogen-bond donors (Lipinski definition) is 1. The highest BCUT2D eigenvalue weighted by Gasteiger charge is 2.43. The molecular weight excluding hydrogens is 302 g/mol. The van der Waals surface area contributed by atoms with Gasteiger partial charge >= 0.3 is 5.97 Å². The Hall–Kier alpha value is -1.10. The van der Waals surface area contributed by atoms with Crippen LogP contribution in [0, 0.1) is 5.92 Å². The SMILES string of the molecule is CC1(CN2CCC(C(=O)O)CC2Cc2ccc(Cl)cc2)CO1. The first-order chi connectivity index (χ1) is 10.5. The molecule has 2 aliphatic heterocycles. The molecular formula is C17H22ClNO3. The summed E-state index contributed by atoms with van der Waals surface area (Å²) in [6.07, 6.45) is 2.29. The second-order valence-corrected chi connectivity index (χ2v) is 7.19. The summed E-state index contributed by atoms with van der Waals surface area (Å²) in [6.45, 7) is 4.64. The summed E-state index contributed by atoms with van der Waals surface area (Å²) in [7, 11) is 0. The number of halogens is 1. The van der Waals surface area contributed by atoms with Gasteiger partial charge in [0.25, 0.3) is 0 Å². The minimum atomic E-state index is -0.672. The number of benzene rings is 1. The zero-order valence-electron chi connectivity index (χ0n) is 12.8. The number of likely N-dealkylation sites (tertiary alicyclic amines) is 1. The fourth-order valence-corrected chi connectivity index (χ4v) is 3.41. The maximum absolute atomic E-state index is 11.3. The Balaban J connectivity index is 1.71. The van der Waals surface area contributed by atoms with Gasteiger partial charge in [0.1, 0.15) is 5.60 Å². The summed E-state index contributed by atoms with van der Waals surface area (Å²) < 4.78 is 5.51. The molecule has 1 aromatic rings. The zero-order chi connectivity index (χ0) is 15.7. The van der Waals surface area contributed by atoms with Gasteiger partial charge in [0.2, 0.25) is 0 Å². The van der Waals surface area contributed by atoms with Crippen molar-refractivity contribution in [3.63, 3.8) is 0 Å². The van der Waals surface area contributed by atoms with Crippen LogP contribution in [-0.2, 0) is 16.0 Å². The highest BCUT2D eigenvalue weighted by atomic mass is 35.5. The molecule has 0 aromatic heterocycles. The van der Waals surface area contributed by atoms with Crippen molar-refractivity contribution in [1.29, 1.82) is 0 Å². The smallest absolute Gasteiger partial charge is 0.306 e. The largest absolute Gasteiger partial charge is 0.481 e. The number of carbonyl (C=O) groups is 1. The van der Waals surface area contributed by atoms with Crippen LogP contribution < -0.4 is 0 Å². The average molecular weight is 324 g/mol. The van der Waals surface area contributed by atoms with Gasteiger partial charge in [-0.25, -0.2) is 0 Å². The van der Waals surface area contributed by atoms with Gasteiger partial charge < -0.3 is 9.84 Å². The van der Waals surface area contributed by atoms with Gasteiger partial charge in [-0.1, -0.05) is 23.7 Å². The zero-order valence-corrected chi connectivity index (χ0v) is 13.6. The third kappa shape index (κ3) is 3.80. The van der Waals surface area contributed by atoms with Crippen molar-refractivity contribution in [3.8, 4) is 0 Å². The molecule has 2 aliphatic rings. The highest BCUT2D eigenvalue weighted by molar-refractivity contribution is 6.30. The number of piperidine rings is 1. The van der Waals surface area contributed by atoms with Crippen LogP contribution in [0.25, 0.3) is 0 Å². The van der Waals surface area contributed by atoms with Crippen molar-refractivity contribution >= 4 is 17.6 Å². The monoisotopic (exact) mass is 323 g/mol. The number of epoxide rings is 1. The quantitative estimate of drug-likeness (QED) is 0.847. The summed E-state index contributed by atoms with van der Waals surface area (Å²) in [5, 5.41) is 10.1. The van der Waals surface area contributed by atoms with E-state index in [-0.39, 0.29) is 17.6 Å². The molecule has 22 heavy (non-hydrogen) atoms. The molecule has 0 amide bonds. The summed E-state index contributed by atoms with van der Waals surface area (Å²) >= 11 is 5.94. The number of carboxylic acids is 1. The first-order valence-corrected chi connectivity index (χ1v) is 8.18. The third-order valence-electron chi connectivity index (χ3n) is 4.75. The minimum Gasteiger partial charge on any atom is -0.481 e. The van der Waals surface area contributed by atoms with Crippen molar-refractivity contribution in [2.45, 2.75) is 37.8 Å². The standard InChI is InChI=1S/C17H22ClNO3/c1-17(11-22-17)10-19-7-6-13(16(20)21)9-15(19)8-12-2-4-14(18)5-3-12/h2-5,13,15H,6-11H2,1H3,(H,20,21). The maximum Gasteiger partial charge on any atom is 0.306 e. The lowest BCUT2D eigenvalue weighted by Crippen LogP contribution is -2.48. The Morgan fingerprint density at radius 1 is 1.45 bits per heavy atom. The second kappa shape index (κ2) is 6.19. The molecule has 1 N–H and O–H groups in total. The molecule has 3 rings (SSSR count). The first-order valence-electron chi connectivity index (χ1n) is 7.80.